The summed E-state index contributed by atoms with van der Waals surface area (Å²) in [6.07, 6.45) is 9.26. The van der Waals surface area contributed by atoms with Crippen LogP contribution in [0.15, 0.2) is 48.7 Å². The van der Waals surface area contributed by atoms with Crippen LogP contribution in [0.1, 0.15) is 38.5 Å². The summed E-state index contributed by atoms with van der Waals surface area (Å²) in [6.45, 7) is 4.87. The molecule has 0 saturated carbocycles. The largest absolute Gasteiger partial charge is 0.461 e. The van der Waals surface area contributed by atoms with Gasteiger partial charge in [-0.3, -0.25) is 9.88 Å². The Hall–Kier alpha value is -2.71. The van der Waals surface area contributed by atoms with Crippen LogP contribution in [0.3, 0.4) is 0 Å². The zero-order valence-electron chi connectivity index (χ0n) is 22.5. The van der Waals surface area contributed by atoms with E-state index in [1.54, 1.807) is 0 Å². The molecule has 0 amide bonds. The van der Waals surface area contributed by atoms with Crippen LogP contribution in [0.2, 0.25) is 5.02 Å². The van der Waals surface area contributed by atoms with Crippen molar-refractivity contribution in [3.63, 3.8) is 0 Å². The van der Waals surface area contributed by atoms with E-state index in [-0.39, 0.29) is 17.9 Å². The fourth-order valence-electron chi connectivity index (χ4n) is 7.58. The van der Waals surface area contributed by atoms with E-state index in [2.05, 4.69) is 45.4 Å². The van der Waals surface area contributed by atoms with Gasteiger partial charge < -0.3 is 15.0 Å². The molecule has 4 aliphatic heterocycles. The second-order valence-electron chi connectivity index (χ2n) is 11.8. The third kappa shape index (κ3) is 4.38. The van der Waals surface area contributed by atoms with E-state index < -0.39 is 0 Å². The average molecular weight is 578 g/mol. The zero-order chi connectivity index (χ0) is 26.0. The summed E-state index contributed by atoms with van der Waals surface area (Å²) in [5.41, 5.74) is 3.84. The van der Waals surface area contributed by atoms with Crippen LogP contribution in [0.4, 0.5) is 5.82 Å². The molecular formula is C31H34Cl2N6O. The Balaban J connectivity index is 0.00000264. The summed E-state index contributed by atoms with van der Waals surface area (Å²) in [5.74, 6) is 0.892. The number of rotatable bonds is 5. The molecule has 4 fully saturated rings. The first kappa shape index (κ1) is 26.2. The number of halogens is 2. The normalized spacial score (nSPS) is 23.5. The zero-order valence-corrected chi connectivity index (χ0v) is 24.1. The van der Waals surface area contributed by atoms with Crippen LogP contribution in [0, 0.1) is 0 Å². The molecule has 6 heterocycles. The maximum absolute atomic E-state index is 6.68. The molecule has 208 valence electrons. The summed E-state index contributed by atoms with van der Waals surface area (Å²) >= 11 is 6.68. The molecule has 0 unspecified atom stereocenters. The molecule has 4 aromatic rings. The predicted octanol–water partition coefficient (Wildman–Crippen LogP) is 5.87. The number of hydrogen-bond acceptors (Lipinski definition) is 7. The molecule has 0 radical (unpaired) electrons. The minimum absolute atomic E-state index is 0. The summed E-state index contributed by atoms with van der Waals surface area (Å²) in [7, 11) is 0. The SMILES string of the molecule is Cl.Clc1cccc2cccc(-c3cnc4c(N5C[C@H]6CC[C@@H](C5)N6)nc(OCC56CCCN5CCC6)nc4c3)c12. The topological polar surface area (TPSA) is 66.4 Å². The molecule has 2 atom stereocenters. The number of benzene rings is 2. The minimum atomic E-state index is 0. The Morgan fingerprint density at radius 3 is 2.52 bits per heavy atom. The minimum Gasteiger partial charge on any atom is -0.461 e. The molecule has 7 nitrogen and oxygen atoms in total. The molecule has 9 heteroatoms. The van der Waals surface area contributed by atoms with Crippen molar-refractivity contribution < 1.29 is 4.74 Å². The lowest BCUT2D eigenvalue weighted by Crippen LogP contribution is -2.51. The number of aromatic nitrogens is 3. The Morgan fingerprint density at radius 1 is 1.00 bits per heavy atom. The highest BCUT2D eigenvalue weighted by Gasteiger charge is 2.45. The first-order valence-corrected chi connectivity index (χ1v) is 14.8. The molecule has 8 rings (SSSR count). The molecule has 2 bridgehead atoms. The van der Waals surface area contributed by atoms with Gasteiger partial charge in [-0.25, -0.2) is 0 Å². The maximum atomic E-state index is 6.68. The van der Waals surface area contributed by atoms with Gasteiger partial charge in [0.25, 0.3) is 0 Å². The lowest BCUT2D eigenvalue weighted by molar-refractivity contribution is 0.108. The van der Waals surface area contributed by atoms with E-state index >= 15 is 0 Å². The summed E-state index contributed by atoms with van der Waals surface area (Å²) in [5, 5.41) is 6.62. The predicted molar refractivity (Wildman–Crippen MR) is 163 cm³/mol. The van der Waals surface area contributed by atoms with Crippen LogP contribution < -0.4 is 15.0 Å². The van der Waals surface area contributed by atoms with Crippen molar-refractivity contribution in [2.24, 2.45) is 0 Å². The van der Waals surface area contributed by atoms with Gasteiger partial charge in [-0.2, -0.15) is 9.97 Å². The maximum Gasteiger partial charge on any atom is 0.319 e. The lowest BCUT2D eigenvalue weighted by Gasteiger charge is -2.34. The van der Waals surface area contributed by atoms with Crippen molar-refractivity contribution in [3.8, 4) is 17.1 Å². The van der Waals surface area contributed by atoms with Crippen molar-refractivity contribution in [2.45, 2.75) is 56.1 Å². The van der Waals surface area contributed by atoms with Gasteiger partial charge in [-0.15, -0.1) is 12.4 Å². The van der Waals surface area contributed by atoms with Crippen molar-refractivity contribution >= 4 is 51.6 Å². The van der Waals surface area contributed by atoms with Crippen molar-refractivity contribution in [3.05, 3.63) is 53.7 Å². The number of nitrogens with one attached hydrogen (secondary N) is 1. The quantitative estimate of drug-likeness (QED) is 0.319. The molecule has 4 aliphatic rings. The molecule has 0 spiro atoms. The lowest BCUT2D eigenvalue weighted by atomic mass is 9.95. The number of hydrogen-bond donors (Lipinski definition) is 1. The van der Waals surface area contributed by atoms with Crippen molar-refractivity contribution in [1.29, 1.82) is 0 Å². The van der Waals surface area contributed by atoms with Crippen LogP contribution in [0.5, 0.6) is 6.01 Å². The average Bonchev–Trinajstić information content (AvgIpc) is 3.64. The molecule has 2 aromatic heterocycles. The highest BCUT2D eigenvalue weighted by Crippen LogP contribution is 2.40. The van der Waals surface area contributed by atoms with E-state index in [0.717, 1.165) is 56.9 Å². The monoisotopic (exact) mass is 576 g/mol. The Kier molecular flexibility index (Phi) is 6.74. The van der Waals surface area contributed by atoms with Crippen molar-refractivity contribution in [1.82, 2.24) is 25.2 Å². The number of fused-ring (bicyclic) bond motifs is 5. The van der Waals surface area contributed by atoms with Gasteiger partial charge in [0.05, 0.1) is 11.1 Å². The molecule has 2 aromatic carbocycles. The Labute approximate surface area is 245 Å². The smallest absolute Gasteiger partial charge is 0.319 e. The van der Waals surface area contributed by atoms with Crippen LogP contribution >= 0.6 is 24.0 Å². The standard InChI is InChI=1S/C31H33ClN6O.ClH/c32-25-8-2-6-20-5-1-7-24(27(20)25)21-15-26-28(33-16-21)29(37-17-22-9-10-23(18-37)34-22)36-30(35-26)39-19-31-11-3-13-38(31)14-4-12-31;/h1-2,5-8,15-16,22-23,34H,3-4,9-14,17-19H2;1H/t22-,23+;. The highest BCUT2D eigenvalue weighted by molar-refractivity contribution is 6.36. The van der Waals surface area contributed by atoms with Gasteiger partial charge in [0.15, 0.2) is 5.82 Å². The van der Waals surface area contributed by atoms with Crippen molar-refractivity contribution in [2.75, 3.05) is 37.7 Å². The fourth-order valence-corrected chi connectivity index (χ4v) is 7.86. The van der Waals surface area contributed by atoms with E-state index in [9.17, 15) is 0 Å². The van der Waals surface area contributed by atoms with E-state index in [1.165, 1.54) is 51.6 Å². The molecule has 40 heavy (non-hydrogen) atoms. The first-order valence-electron chi connectivity index (χ1n) is 14.4. The Bertz CT molecular complexity index is 1550. The summed E-state index contributed by atoms with van der Waals surface area (Å²) < 4.78 is 6.48. The van der Waals surface area contributed by atoms with Gasteiger partial charge in [0.1, 0.15) is 12.1 Å². The number of nitrogens with zero attached hydrogens (tertiary/aromatic N) is 5. The van der Waals surface area contributed by atoms with E-state index in [0.29, 0.717) is 24.7 Å². The second kappa shape index (κ2) is 10.3. The number of pyridine rings is 1. The van der Waals surface area contributed by atoms with Crippen LogP contribution in [0.25, 0.3) is 32.9 Å². The van der Waals surface area contributed by atoms with E-state index in [4.69, 9.17) is 31.3 Å². The molecule has 1 N–H and O–H groups in total. The number of anilines is 1. The third-order valence-electron chi connectivity index (χ3n) is 9.46. The van der Waals surface area contributed by atoms with Crippen LogP contribution in [-0.4, -0.2) is 70.3 Å². The van der Waals surface area contributed by atoms with Gasteiger partial charge in [0.2, 0.25) is 0 Å². The summed E-state index contributed by atoms with van der Waals surface area (Å²) in [4.78, 5) is 20.0. The Morgan fingerprint density at radius 2 is 1.75 bits per heavy atom. The van der Waals surface area contributed by atoms with Gasteiger partial charge >= 0.3 is 6.01 Å². The van der Waals surface area contributed by atoms with Crippen LogP contribution in [-0.2, 0) is 0 Å². The number of ether oxygens (including phenoxy) is 1. The fraction of sp³-hybridized carbons (Fsp3) is 0.452. The number of piperazine rings is 1. The molecular weight excluding hydrogens is 543 g/mol. The third-order valence-corrected chi connectivity index (χ3v) is 9.77. The molecule has 4 saturated heterocycles. The van der Waals surface area contributed by atoms with E-state index in [1.807, 2.05) is 18.3 Å². The van der Waals surface area contributed by atoms with Gasteiger partial charge in [0, 0.05) is 47.3 Å². The second-order valence-corrected chi connectivity index (χ2v) is 12.2. The molecule has 0 aliphatic carbocycles. The first-order chi connectivity index (χ1) is 19.1. The summed E-state index contributed by atoms with van der Waals surface area (Å²) in [6, 6.07) is 15.9. The van der Waals surface area contributed by atoms with Gasteiger partial charge in [-0.05, 0) is 74.7 Å². The van der Waals surface area contributed by atoms with Gasteiger partial charge in [-0.1, -0.05) is 41.9 Å². The highest BCUT2D eigenvalue weighted by atomic mass is 35.5.